The van der Waals surface area contributed by atoms with Crippen LogP contribution in [0.2, 0.25) is 0 Å². The minimum atomic E-state index is -0.501. The van der Waals surface area contributed by atoms with E-state index < -0.39 is 10.7 Å². The summed E-state index contributed by atoms with van der Waals surface area (Å²) in [5.41, 5.74) is 0.160. The maximum absolute atomic E-state index is 13.6. The van der Waals surface area contributed by atoms with Crippen LogP contribution < -0.4 is 5.32 Å². The molecule has 0 unspecified atom stereocenters. The highest BCUT2D eigenvalue weighted by atomic mass is 19.1. The molecule has 5 heteroatoms. The molecule has 0 atom stereocenters. The molecule has 17 heavy (non-hydrogen) atoms. The van der Waals surface area contributed by atoms with Gasteiger partial charge in [-0.25, -0.2) is 4.39 Å². The number of nitro groups is 1. The van der Waals surface area contributed by atoms with E-state index in [-0.39, 0.29) is 11.3 Å². The molecule has 0 spiro atoms. The summed E-state index contributed by atoms with van der Waals surface area (Å²) in [6.07, 6.45) is 2.36. The molecule has 0 amide bonds. The van der Waals surface area contributed by atoms with Gasteiger partial charge >= 0.3 is 0 Å². The predicted molar refractivity (Wildman–Crippen MR) is 62.4 cm³/mol. The fourth-order valence-corrected chi connectivity index (χ4v) is 2.29. The Bertz CT molecular complexity index is 417. The largest absolute Gasteiger partial charge is 0.317 e. The topological polar surface area (TPSA) is 55.2 Å². The van der Waals surface area contributed by atoms with Crippen molar-refractivity contribution >= 4 is 5.69 Å². The zero-order valence-corrected chi connectivity index (χ0v) is 9.49. The van der Waals surface area contributed by atoms with Gasteiger partial charge in [0.2, 0.25) is 0 Å². The van der Waals surface area contributed by atoms with Crippen molar-refractivity contribution in [3.63, 3.8) is 0 Å². The molecule has 1 N–H and O–H groups in total. The highest BCUT2D eigenvalue weighted by Gasteiger charge is 2.22. The summed E-state index contributed by atoms with van der Waals surface area (Å²) in [5, 5.41) is 14.1. The van der Waals surface area contributed by atoms with E-state index in [1.54, 1.807) is 0 Å². The van der Waals surface area contributed by atoms with Crippen LogP contribution in [0.5, 0.6) is 0 Å². The average Bonchev–Trinajstić information content (AvgIpc) is 2.33. The lowest BCUT2D eigenvalue weighted by Gasteiger charge is -2.22. The van der Waals surface area contributed by atoms with Crippen LogP contribution in [-0.2, 0) is 6.42 Å². The van der Waals surface area contributed by atoms with Gasteiger partial charge in [-0.15, -0.1) is 0 Å². The van der Waals surface area contributed by atoms with E-state index in [2.05, 4.69) is 5.32 Å². The Hall–Kier alpha value is -1.49. The summed E-state index contributed by atoms with van der Waals surface area (Å²) in [7, 11) is 0. The Balaban J connectivity index is 2.21. The number of nitro benzene ring substituents is 1. The molecular formula is C12H15FN2O2. The van der Waals surface area contributed by atoms with Gasteiger partial charge < -0.3 is 5.32 Å². The van der Waals surface area contributed by atoms with Crippen molar-refractivity contribution in [2.75, 3.05) is 13.1 Å². The van der Waals surface area contributed by atoms with Crippen LogP contribution >= 0.6 is 0 Å². The van der Waals surface area contributed by atoms with Gasteiger partial charge in [0.05, 0.1) is 10.5 Å². The second-order valence-electron chi connectivity index (χ2n) is 4.39. The van der Waals surface area contributed by atoms with Crippen LogP contribution in [0.25, 0.3) is 0 Å². The quantitative estimate of drug-likeness (QED) is 0.649. The molecule has 0 radical (unpaired) electrons. The van der Waals surface area contributed by atoms with Crippen LogP contribution in [0.3, 0.4) is 0 Å². The normalized spacial score (nSPS) is 17.0. The third kappa shape index (κ3) is 2.79. The first-order chi connectivity index (χ1) is 8.18. The summed E-state index contributed by atoms with van der Waals surface area (Å²) >= 11 is 0. The first-order valence-electron chi connectivity index (χ1n) is 5.81. The van der Waals surface area contributed by atoms with Crippen molar-refractivity contribution in [1.82, 2.24) is 5.32 Å². The Kier molecular flexibility index (Phi) is 3.68. The lowest BCUT2D eigenvalue weighted by Crippen LogP contribution is -2.29. The molecule has 4 nitrogen and oxygen atoms in total. The van der Waals surface area contributed by atoms with Crippen molar-refractivity contribution < 1.29 is 9.31 Å². The second-order valence-corrected chi connectivity index (χ2v) is 4.39. The van der Waals surface area contributed by atoms with Gasteiger partial charge in [-0.3, -0.25) is 10.1 Å². The molecule has 1 aromatic rings. The van der Waals surface area contributed by atoms with E-state index in [1.807, 2.05) is 0 Å². The van der Waals surface area contributed by atoms with E-state index in [0.717, 1.165) is 25.9 Å². The van der Waals surface area contributed by atoms with E-state index in [9.17, 15) is 14.5 Å². The van der Waals surface area contributed by atoms with Crippen molar-refractivity contribution in [2.45, 2.75) is 19.3 Å². The molecule has 0 saturated carbocycles. The zero-order chi connectivity index (χ0) is 12.3. The molecule has 1 aromatic carbocycles. The minimum Gasteiger partial charge on any atom is -0.317 e. The maximum atomic E-state index is 13.6. The number of hydrogen-bond acceptors (Lipinski definition) is 3. The van der Waals surface area contributed by atoms with E-state index in [0.29, 0.717) is 12.3 Å². The third-order valence-corrected chi connectivity index (χ3v) is 3.24. The molecule has 1 fully saturated rings. The monoisotopic (exact) mass is 238 g/mol. The van der Waals surface area contributed by atoms with Gasteiger partial charge in [0.1, 0.15) is 5.82 Å². The Morgan fingerprint density at radius 1 is 1.41 bits per heavy atom. The molecule has 0 bridgehead atoms. The first-order valence-corrected chi connectivity index (χ1v) is 5.81. The SMILES string of the molecule is O=[N+]([O-])c1cccc(F)c1CC1CCNCC1. The number of hydrogen-bond donors (Lipinski definition) is 1. The van der Waals surface area contributed by atoms with Crippen molar-refractivity contribution in [3.8, 4) is 0 Å². The summed E-state index contributed by atoms with van der Waals surface area (Å²) in [4.78, 5) is 10.3. The summed E-state index contributed by atoms with van der Waals surface area (Å²) < 4.78 is 13.6. The fourth-order valence-electron chi connectivity index (χ4n) is 2.29. The molecular weight excluding hydrogens is 223 g/mol. The van der Waals surface area contributed by atoms with Crippen molar-refractivity contribution in [2.24, 2.45) is 5.92 Å². The average molecular weight is 238 g/mol. The van der Waals surface area contributed by atoms with Crippen LogP contribution in [0, 0.1) is 21.8 Å². The van der Waals surface area contributed by atoms with Crippen LogP contribution in [-0.4, -0.2) is 18.0 Å². The third-order valence-electron chi connectivity index (χ3n) is 3.24. The van der Waals surface area contributed by atoms with E-state index in [1.165, 1.54) is 18.2 Å². The standard InChI is InChI=1S/C12H15FN2O2/c13-11-2-1-3-12(15(16)17)10(11)8-9-4-6-14-7-5-9/h1-3,9,14H,4-8H2. The summed E-state index contributed by atoms with van der Waals surface area (Å²) in [6.45, 7) is 1.82. The van der Waals surface area contributed by atoms with Crippen LogP contribution in [0.1, 0.15) is 18.4 Å². The fraction of sp³-hybridized carbons (Fsp3) is 0.500. The van der Waals surface area contributed by atoms with Gasteiger partial charge in [-0.1, -0.05) is 6.07 Å². The van der Waals surface area contributed by atoms with Gasteiger partial charge in [0.25, 0.3) is 5.69 Å². The summed E-state index contributed by atoms with van der Waals surface area (Å²) in [6, 6.07) is 4.06. The number of benzene rings is 1. The zero-order valence-electron chi connectivity index (χ0n) is 9.49. The lowest BCUT2D eigenvalue weighted by molar-refractivity contribution is -0.385. The molecule has 1 aliphatic rings. The number of nitrogens with zero attached hydrogens (tertiary/aromatic N) is 1. The molecule has 1 heterocycles. The molecule has 0 aromatic heterocycles. The Morgan fingerprint density at radius 2 is 2.12 bits per heavy atom. The number of piperidine rings is 1. The molecule has 1 aliphatic heterocycles. The molecule has 2 rings (SSSR count). The maximum Gasteiger partial charge on any atom is 0.275 e. The molecule has 1 saturated heterocycles. The highest BCUT2D eigenvalue weighted by Crippen LogP contribution is 2.27. The van der Waals surface area contributed by atoms with Gasteiger partial charge in [0, 0.05) is 6.07 Å². The Labute approximate surface area is 99.0 Å². The number of halogens is 1. The van der Waals surface area contributed by atoms with Gasteiger partial charge in [0.15, 0.2) is 0 Å². The van der Waals surface area contributed by atoms with Crippen LogP contribution in [0.4, 0.5) is 10.1 Å². The summed E-state index contributed by atoms with van der Waals surface area (Å²) in [5.74, 6) is -0.121. The predicted octanol–water partition coefficient (Wildman–Crippen LogP) is 2.28. The van der Waals surface area contributed by atoms with Gasteiger partial charge in [-0.05, 0) is 44.3 Å². The number of rotatable bonds is 3. The highest BCUT2D eigenvalue weighted by molar-refractivity contribution is 5.41. The van der Waals surface area contributed by atoms with E-state index >= 15 is 0 Å². The lowest BCUT2D eigenvalue weighted by atomic mass is 9.90. The van der Waals surface area contributed by atoms with Crippen molar-refractivity contribution in [1.29, 1.82) is 0 Å². The van der Waals surface area contributed by atoms with Crippen LogP contribution in [0.15, 0.2) is 18.2 Å². The minimum absolute atomic E-state index is 0.0940. The van der Waals surface area contributed by atoms with Gasteiger partial charge in [-0.2, -0.15) is 0 Å². The molecule has 0 aliphatic carbocycles. The molecule has 92 valence electrons. The Morgan fingerprint density at radius 3 is 2.76 bits per heavy atom. The first kappa shape index (κ1) is 12.0. The van der Waals surface area contributed by atoms with E-state index in [4.69, 9.17) is 0 Å². The van der Waals surface area contributed by atoms with Crippen molar-refractivity contribution in [3.05, 3.63) is 39.7 Å². The second kappa shape index (κ2) is 5.23. The smallest absolute Gasteiger partial charge is 0.275 e. The number of nitrogens with one attached hydrogen (secondary N) is 1.